The summed E-state index contributed by atoms with van der Waals surface area (Å²) in [5.74, 6) is -0.256. The van der Waals surface area contributed by atoms with E-state index in [4.69, 9.17) is 9.84 Å². The summed E-state index contributed by atoms with van der Waals surface area (Å²) in [5, 5.41) is 22.4. The number of aliphatic carboxylic acids is 1. The Morgan fingerprint density at radius 2 is 2.04 bits per heavy atom. The van der Waals surface area contributed by atoms with Crippen molar-refractivity contribution in [3.63, 3.8) is 0 Å². The third-order valence-electron chi connectivity index (χ3n) is 5.49. The van der Waals surface area contributed by atoms with Crippen LogP contribution in [-0.2, 0) is 9.53 Å². The maximum Gasteiger partial charge on any atom is 0.303 e. The highest BCUT2D eigenvalue weighted by Crippen LogP contribution is 2.41. The average molecular weight is 354 g/mol. The molecule has 2 aliphatic rings. The van der Waals surface area contributed by atoms with Crippen LogP contribution in [0, 0.1) is 5.92 Å². The van der Waals surface area contributed by atoms with Crippen LogP contribution >= 0.6 is 0 Å². The van der Waals surface area contributed by atoms with E-state index < -0.39 is 5.97 Å². The molecule has 5 heteroatoms. The van der Waals surface area contributed by atoms with Gasteiger partial charge in [0.2, 0.25) is 0 Å². The Balaban J connectivity index is 1.71. The number of hydrogen-bond acceptors (Lipinski definition) is 4. The van der Waals surface area contributed by atoms with Gasteiger partial charge in [0, 0.05) is 24.9 Å². The van der Waals surface area contributed by atoms with Gasteiger partial charge in [0.25, 0.3) is 0 Å². The van der Waals surface area contributed by atoms with Crippen LogP contribution in [0.15, 0.2) is 12.2 Å². The van der Waals surface area contributed by atoms with Gasteiger partial charge in [-0.05, 0) is 38.5 Å². The highest BCUT2D eigenvalue weighted by Gasteiger charge is 2.47. The first kappa shape index (κ1) is 20.4. The SMILES string of the molecule is CCCCCC(O)CN[C@H]1[C@@H](C/C=C\CCCC(=O)O)[C@H]2CC[C@@H]1O2. The molecule has 5 atom stereocenters. The molecule has 25 heavy (non-hydrogen) atoms. The van der Waals surface area contributed by atoms with Crippen molar-refractivity contribution in [3.8, 4) is 0 Å². The van der Waals surface area contributed by atoms with Crippen molar-refractivity contribution in [1.29, 1.82) is 0 Å². The number of aliphatic hydroxyl groups excluding tert-OH is 1. The second-order valence-electron chi connectivity index (χ2n) is 7.53. The van der Waals surface area contributed by atoms with E-state index in [1.54, 1.807) is 0 Å². The summed E-state index contributed by atoms with van der Waals surface area (Å²) in [6.45, 7) is 2.83. The highest BCUT2D eigenvalue weighted by molar-refractivity contribution is 5.66. The number of unbranched alkanes of at least 4 members (excludes halogenated alkanes) is 3. The van der Waals surface area contributed by atoms with Crippen molar-refractivity contribution >= 4 is 5.97 Å². The van der Waals surface area contributed by atoms with Gasteiger partial charge >= 0.3 is 5.97 Å². The first-order valence-corrected chi connectivity index (χ1v) is 10.1. The molecule has 0 aromatic rings. The Bertz CT molecular complexity index is 426. The van der Waals surface area contributed by atoms with E-state index >= 15 is 0 Å². The van der Waals surface area contributed by atoms with Crippen LogP contribution in [0.4, 0.5) is 0 Å². The number of hydrogen-bond donors (Lipinski definition) is 3. The molecule has 2 bridgehead atoms. The minimum Gasteiger partial charge on any atom is -0.481 e. The normalized spacial score (nSPS) is 29.5. The lowest BCUT2D eigenvalue weighted by Gasteiger charge is -2.29. The van der Waals surface area contributed by atoms with Gasteiger partial charge in [-0.25, -0.2) is 0 Å². The molecular weight excluding hydrogens is 318 g/mol. The predicted molar refractivity (Wildman–Crippen MR) is 98.6 cm³/mol. The zero-order valence-corrected chi connectivity index (χ0v) is 15.5. The number of carbonyl (C=O) groups is 1. The second-order valence-corrected chi connectivity index (χ2v) is 7.53. The van der Waals surface area contributed by atoms with Crippen molar-refractivity contribution in [2.24, 2.45) is 5.92 Å². The van der Waals surface area contributed by atoms with Crippen molar-refractivity contribution in [3.05, 3.63) is 12.2 Å². The van der Waals surface area contributed by atoms with Crippen LogP contribution in [0.2, 0.25) is 0 Å². The van der Waals surface area contributed by atoms with Gasteiger partial charge in [-0.3, -0.25) is 4.79 Å². The largest absolute Gasteiger partial charge is 0.481 e. The molecule has 0 radical (unpaired) electrons. The minimum atomic E-state index is -0.725. The molecule has 144 valence electrons. The van der Waals surface area contributed by atoms with Crippen LogP contribution in [-0.4, -0.2) is 47.1 Å². The summed E-state index contributed by atoms with van der Waals surface area (Å²) in [6, 6.07) is 0.336. The molecule has 0 saturated carbocycles. The van der Waals surface area contributed by atoms with Crippen LogP contribution in [0.1, 0.15) is 71.1 Å². The topological polar surface area (TPSA) is 78.8 Å². The number of rotatable bonds is 13. The third kappa shape index (κ3) is 6.72. The maximum atomic E-state index is 10.5. The Hall–Kier alpha value is -0.910. The van der Waals surface area contributed by atoms with Crippen LogP contribution in [0.5, 0.6) is 0 Å². The van der Waals surface area contributed by atoms with Gasteiger partial charge < -0.3 is 20.3 Å². The molecule has 2 heterocycles. The van der Waals surface area contributed by atoms with E-state index in [-0.39, 0.29) is 12.5 Å². The Labute approximate surface area is 151 Å². The molecule has 2 rings (SSSR count). The number of nitrogens with one attached hydrogen (secondary N) is 1. The van der Waals surface area contributed by atoms with Gasteiger partial charge in [-0.15, -0.1) is 0 Å². The minimum absolute atomic E-state index is 0.238. The van der Waals surface area contributed by atoms with Gasteiger partial charge in [0.15, 0.2) is 0 Å². The molecule has 5 nitrogen and oxygen atoms in total. The number of carboxylic acids is 1. The first-order valence-electron chi connectivity index (χ1n) is 10.1. The Kier molecular flexibility index (Phi) is 8.93. The maximum absolute atomic E-state index is 10.5. The van der Waals surface area contributed by atoms with E-state index in [2.05, 4.69) is 24.4 Å². The van der Waals surface area contributed by atoms with E-state index in [9.17, 15) is 9.90 Å². The molecule has 0 aliphatic carbocycles. The number of aliphatic hydroxyl groups is 1. The van der Waals surface area contributed by atoms with E-state index in [1.807, 2.05) is 0 Å². The summed E-state index contributed by atoms with van der Waals surface area (Å²) in [6.07, 6.45) is 14.0. The van der Waals surface area contributed by atoms with E-state index in [0.29, 0.717) is 37.1 Å². The molecule has 0 amide bonds. The zero-order valence-electron chi connectivity index (χ0n) is 15.5. The lowest BCUT2D eigenvalue weighted by Crippen LogP contribution is -2.46. The van der Waals surface area contributed by atoms with Crippen LogP contribution in [0.25, 0.3) is 0 Å². The quantitative estimate of drug-likeness (QED) is 0.350. The summed E-state index contributed by atoms with van der Waals surface area (Å²) in [4.78, 5) is 10.5. The lowest BCUT2D eigenvalue weighted by molar-refractivity contribution is -0.137. The molecule has 0 aromatic carbocycles. The van der Waals surface area contributed by atoms with Gasteiger partial charge in [-0.2, -0.15) is 0 Å². The molecule has 0 aromatic heterocycles. The van der Waals surface area contributed by atoms with Crippen LogP contribution < -0.4 is 5.32 Å². The Morgan fingerprint density at radius 1 is 1.24 bits per heavy atom. The lowest BCUT2D eigenvalue weighted by atomic mass is 9.82. The summed E-state index contributed by atoms with van der Waals surface area (Å²) < 4.78 is 6.08. The zero-order chi connectivity index (χ0) is 18.1. The average Bonchev–Trinajstić information content (AvgIpc) is 3.17. The summed E-state index contributed by atoms with van der Waals surface area (Å²) >= 11 is 0. The summed E-state index contributed by atoms with van der Waals surface area (Å²) in [5.41, 5.74) is 0. The Morgan fingerprint density at radius 3 is 2.80 bits per heavy atom. The highest BCUT2D eigenvalue weighted by atomic mass is 16.5. The molecule has 2 aliphatic heterocycles. The van der Waals surface area contributed by atoms with Crippen molar-refractivity contribution in [2.75, 3.05) is 6.54 Å². The van der Waals surface area contributed by atoms with E-state index in [1.165, 1.54) is 12.8 Å². The third-order valence-corrected chi connectivity index (χ3v) is 5.49. The molecular formula is C20H35NO4. The number of carboxylic acid groups (broad SMARTS) is 1. The monoisotopic (exact) mass is 353 g/mol. The number of ether oxygens (including phenoxy) is 1. The van der Waals surface area contributed by atoms with Crippen molar-refractivity contribution < 1.29 is 19.7 Å². The molecule has 2 fully saturated rings. The van der Waals surface area contributed by atoms with Crippen molar-refractivity contribution in [1.82, 2.24) is 5.32 Å². The second kappa shape index (κ2) is 10.9. The first-order chi connectivity index (χ1) is 12.1. The fourth-order valence-electron chi connectivity index (χ4n) is 4.10. The smallest absolute Gasteiger partial charge is 0.303 e. The van der Waals surface area contributed by atoms with Crippen LogP contribution in [0.3, 0.4) is 0 Å². The molecule has 3 N–H and O–H groups in total. The summed E-state index contributed by atoms with van der Waals surface area (Å²) in [7, 11) is 0. The standard InChI is InChI=1S/C20H35NO4/c1-2-3-6-9-15(22)14-21-20-16(17-12-13-18(20)25-17)10-7-4-5-8-11-19(23)24/h4,7,15-18,20-22H,2-3,5-6,8-14H2,1H3,(H,23,24)/b7-4-/t15?,16-,17+,18-,20-/m0/s1. The molecule has 2 saturated heterocycles. The predicted octanol–water partition coefficient (Wildman–Crippen LogP) is 3.26. The fraction of sp³-hybridized carbons (Fsp3) is 0.850. The number of fused-ring (bicyclic) bond motifs is 2. The van der Waals surface area contributed by atoms with Gasteiger partial charge in [0.1, 0.15) is 0 Å². The molecule has 0 spiro atoms. The van der Waals surface area contributed by atoms with E-state index in [0.717, 1.165) is 38.5 Å². The fourth-order valence-corrected chi connectivity index (χ4v) is 4.10. The molecule has 1 unspecified atom stereocenters. The van der Waals surface area contributed by atoms with Gasteiger partial charge in [0.05, 0.1) is 18.3 Å². The van der Waals surface area contributed by atoms with Crippen molar-refractivity contribution in [2.45, 2.75) is 95.5 Å². The van der Waals surface area contributed by atoms with Gasteiger partial charge in [-0.1, -0.05) is 38.3 Å². The number of allylic oxidation sites excluding steroid dienone is 2.